The van der Waals surface area contributed by atoms with Crippen LogP contribution in [-0.4, -0.2) is 41.0 Å². The van der Waals surface area contributed by atoms with Gasteiger partial charge in [-0.3, -0.25) is 24.8 Å². The molecule has 0 saturated carbocycles. The van der Waals surface area contributed by atoms with Gasteiger partial charge < -0.3 is 10.3 Å². The Kier molecular flexibility index (Phi) is 5.65. The number of carbonyl (C=O) groups excluding carboxylic acids is 1. The van der Waals surface area contributed by atoms with Gasteiger partial charge in [0, 0.05) is 35.3 Å². The Labute approximate surface area is 212 Å². The van der Waals surface area contributed by atoms with Crippen molar-refractivity contribution in [1.29, 1.82) is 0 Å². The summed E-state index contributed by atoms with van der Waals surface area (Å²) in [5.74, 6) is 0.886. The van der Waals surface area contributed by atoms with Gasteiger partial charge in [0.05, 0.1) is 46.0 Å². The first-order chi connectivity index (χ1) is 18.0. The van der Waals surface area contributed by atoms with Crippen molar-refractivity contribution in [3.63, 3.8) is 0 Å². The van der Waals surface area contributed by atoms with E-state index in [9.17, 15) is 4.79 Å². The zero-order valence-corrected chi connectivity index (χ0v) is 20.4. The molecule has 0 spiro atoms. The molecule has 6 rings (SSSR count). The SMILES string of the molecule is CC(C)CC(=O)Nc1cncc(-c2cc3c(-c4nc5c(-c6ccccn6)cccc5[nH]4)n[nH]c3cn2)c1. The maximum Gasteiger partial charge on any atom is 0.224 e. The van der Waals surface area contributed by atoms with Crippen LogP contribution in [0.15, 0.2) is 73.3 Å². The summed E-state index contributed by atoms with van der Waals surface area (Å²) in [6.07, 6.45) is 7.33. The zero-order chi connectivity index (χ0) is 25.4. The number of hydrogen-bond donors (Lipinski definition) is 3. The number of rotatable bonds is 6. The highest BCUT2D eigenvalue weighted by Gasteiger charge is 2.17. The van der Waals surface area contributed by atoms with Crippen LogP contribution in [-0.2, 0) is 4.79 Å². The molecule has 0 radical (unpaired) electrons. The maximum atomic E-state index is 12.2. The summed E-state index contributed by atoms with van der Waals surface area (Å²) in [5, 5.41) is 11.4. The first kappa shape index (κ1) is 22.5. The second kappa shape index (κ2) is 9.27. The molecule has 1 aromatic carbocycles. The standard InChI is InChI=1S/C28H24N8O/c1-16(2)10-25(37)32-18-11-17(13-29-14-18)23-12-20-24(15-31-23)35-36-27(20)28-33-22-8-5-6-19(26(22)34-28)21-7-3-4-9-30-21/h3-9,11-16H,10H2,1-2H3,(H,32,37)(H,33,34)(H,35,36). The molecule has 9 nitrogen and oxygen atoms in total. The molecule has 0 atom stereocenters. The second-order valence-corrected chi connectivity index (χ2v) is 9.30. The Bertz CT molecular complexity index is 1740. The average molecular weight is 489 g/mol. The molecular weight excluding hydrogens is 464 g/mol. The Morgan fingerprint density at radius 3 is 2.73 bits per heavy atom. The molecule has 0 saturated heterocycles. The van der Waals surface area contributed by atoms with E-state index in [0.29, 0.717) is 29.3 Å². The number of carbonyl (C=O) groups is 1. The van der Waals surface area contributed by atoms with Gasteiger partial charge in [0.2, 0.25) is 5.91 Å². The normalized spacial score (nSPS) is 11.4. The summed E-state index contributed by atoms with van der Waals surface area (Å²) in [6.45, 7) is 4.02. The number of benzene rings is 1. The van der Waals surface area contributed by atoms with Crippen molar-refractivity contribution in [2.45, 2.75) is 20.3 Å². The molecule has 37 heavy (non-hydrogen) atoms. The minimum Gasteiger partial charge on any atom is -0.337 e. The molecule has 5 aromatic heterocycles. The number of pyridine rings is 3. The predicted octanol–water partition coefficient (Wildman–Crippen LogP) is 5.61. The van der Waals surface area contributed by atoms with E-state index in [-0.39, 0.29) is 11.8 Å². The fraction of sp³-hybridized carbons (Fsp3) is 0.143. The van der Waals surface area contributed by atoms with Crippen LogP contribution in [0.5, 0.6) is 0 Å². The fourth-order valence-corrected chi connectivity index (χ4v) is 4.36. The number of amides is 1. The molecule has 1 amide bonds. The van der Waals surface area contributed by atoms with E-state index >= 15 is 0 Å². The fourth-order valence-electron chi connectivity index (χ4n) is 4.36. The monoisotopic (exact) mass is 488 g/mol. The Morgan fingerprint density at radius 2 is 1.89 bits per heavy atom. The highest BCUT2D eigenvalue weighted by molar-refractivity contribution is 5.97. The van der Waals surface area contributed by atoms with Crippen molar-refractivity contribution in [2.75, 3.05) is 5.32 Å². The van der Waals surface area contributed by atoms with Crippen molar-refractivity contribution < 1.29 is 4.79 Å². The van der Waals surface area contributed by atoms with Crippen molar-refractivity contribution in [3.8, 4) is 34.0 Å². The quantitative estimate of drug-likeness (QED) is 0.280. The van der Waals surface area contributed by atoms with Crippen LogP contribution >= 0.6 is 0 Å². The van der Waals surface area contributed by atoms with E-state index in [2.05, 4.69) is 35.5 Å². The summed E-state index contributed by atoms with van der Waals surface area (Å²) >= 11 is 0. The number of H-pyrrole nitrogens is 2. The Balaban J connectivity index is 1.38. The van der Waals surface area contributed by atoms with E-state index < -0.39 is 0 Å². The summed E-state index contributed by atoms with van der Waals surface area (Å²) in [7, 11) is 0. The highest BCUT2D eigenvalue weighted by atomic mass is 16.1. The van der Waals surface area contributed by atoms with Gasteiger partial charge in [0.1, 0.15) is 5.69 Å². The number of nitrogens with one attached hydrogen (secondary N) is 3. The average Bonchev–Trinajstić information content (AvgIpc) is 3.52. The lowest BCUT2D eigenvalue weighted by Crippen LogP contribution is -2.13. The van der Waals surface area contributed by atoms with Crippen LogP contribution in [0.2, 0.25) is 0 Å². The number of fused-ring (bicyclic) bond motifs is 2. The highest BCUT2D eigenvalue weighted by Crippen LogP contribution is 2.32. The Morgan fingerprint density at radius 1 is 0.973 bits per heavy atom. The van der Waals surface area contributed by atoms with Crippen molar-refractivity contribution >= 4 is 33.5 Å². The Hall–Kier alpha value is -4.92. The number of para-hydroxylation sites is 1. The van der Waals surface area contributed by atoms with E-state index in [0.717, 1.165) is 38.8 Å². The lowest BCUT2D eigenvalue weighted by Gasteiger charge is -2.08. The number of aromatic nitrogens is 7. The number of nitrogens with zero attached hydrogens (tertiary/aromatic N) is 5. The number of hydrogen-bond acceptors (Lipinski definition) is 6. The molecule has 0 aliphatic carbocycles. The van der Waals surface area contributed by atoms with E-state index in [1.54, 1.807) is 24.8 Å². The molecule has 0 unspecified atom stereocenters. The third-order valence-electron chi connectivity index (χ3n) is 6.04. The summed E-state index contributed by atoms with van der Waals surface area (Å²) in [6, 6.07) is 15.6. The third-order valence-corrected chi connectivity index (χ3v) is 6.04. The van der Waals surface area contributed by atoms with Gasteiger partial charge in [-0.15, -0.1) is 0 Å². The zero-order valence-electron chi connectivity index (χ0n) is 20.4. The molecule has 9 heteroatoms. The van der Waals surface area contributed by atoms with Gasteiger partial charge in [-0.05, 0) is 36.2 Å². The van der Waals surface area contributed by atoms with Crippen molar-refractivity contribution in [2.24, 2.45) is 5.92 Å². The van der Waals surface area contributed by atoms with E-state index in [4.69, 9.17) is 4.98 Å². The smallest absolute Gasteiger partial charge is 0.224 e. The molecule has 0 fully saturated rings. The van der Waals surface area contributed by atoms with Crippen LogP contribution in [0.4, 0.5) is 5.69 Å². The van der Waals surface area contributed by atoms with Gasteiger partial charge in [0.25, 0.3) is 0 Å². The van der Waals surface area contributed by atoms with Crippen LogP contribution in [0.3, 0.4) is 0 Å². The lowest BCUT2D eigenvalue weighted by atomic mass is 10.1. The second-order valence-electron chi connectivity index (χ2n) is 9.30. The summed E-state index contributed by atoms with van der Waals surface area (Å²) in [4.78, 5) is 33.9. The first-order valence-electron chi connectivity index (χ1n) is 12.0. The van der Waals surface area contributed by atoms with Crippen molar-refractivity contribution in [3.05, 3.63) is 73.3 Å². The van der Waals surface area contributed by atoms with Gasteiger partial charge in [-0.2, -0.15) is 5.10 Å². The molecule has 182 valence electrons. The molecule has 3 N–H and O–H groups in total. The lowest BCUT2D eigenvalue weighted by molar-refractivity contribution is -0.116. The molecule has 6 aromatic rings. The van der Waals surface area contributed by atoms with Gasteiger partial charge in [-0.1, -0.05) is 32.0 Å². The molecule has 0 aliphatic heterocycles. The minimum absolute atomic E-state index is 0.0376. The number of imidazole rings is 1. The number of aromatic amines is 2. The van der Waals surface area contributed by atoms with Crippen molar-refractivity contribution in [1.82, 2.24) is 35.1 Å². The molecule has 0 bridgehead atoms. The topological polar surface area (TPSA) is 125 Å². The first-order valence-corrected chi connectivity index (χ1v) is 12.0. The molecular formula is C28H24N8O. The molecule has 0 aliphatic rings. The van der Waals surface area contributed by atoms with Crippen LogP contribution in [0, 0.1) is 5.92 Å². The third kappa shape index (κ3) is 4.42. The van der Waals surface area contributed by atoms with Gasteiger partial charge >= 0.3 is 0 Å². The largest absolute Gasteiger partial charge is 0.337 e. The van der Waals surface area contributed by atoms with Gasteiger partial charge in [0.15, 0.2) is 5.82 Å². The number of anilines is 1. The van der Waals surface area contributed by atoms with Gasteiger partial charge in [-0.25, -0.2) is 4.98 Å². The summed E-state index contributed by atoms with van der Waals surface area (Å²) < 4.78 is 0. The minimum atomic E-state index is -0.0376. The van der Waals surface area contributed by atoms with Crippen LogP contribution in [0.25, 0.3) is 56.0 Å². The van der Waals surface area contributed by atoms with E-state index in [1.807, 2.05) is 62.4 Å². The maximum absolute atomic E-state index is 12.2. The van der Waals surface area contributed by atoms with E-state index in [1.165, 1.54) is 0 Å². The summed E-state index contributed by atoms with van der Waals surface area (Å²) in [5.41, 5.74) is 7.16. The van der Waals surface area contributed by atoms with Crippen LogP contribution in [0.1, 0.15) is 20.3 Å². The predicted molar refractivity (Wildman–Crippen MR) is 144 cm³/mol. The molecule has 5 heterocycles. The van der Waals surface area contributed by atoms with Crippen LogP contribution < -0.4 is 5.32 Å².